The van der Waals surface area contributed by atoms with E-state index in [-0.39, 0.29) is 18.4 Å². The molecule has 0 saturated carbocycles. The molecule has 0 radical (unpaired) electrons. The van der Waals surface area contributed by atoms with Gasteiger partial charge in [-0.3, -0.25) is 9.59 Å². The number of ether oxygens (including phenoxy) is 4. The van der Waals surface area contributed by atoms with E-state index in [1.165, 1.54) is 0 Å². The van der Waals surface area contributed by atoms with Gasteiger partial charge in [-0.25, -0.2) is 4.79 Å². The Hall–Kier alpha value is -3.57. The molecule has 4 rings (SSSR count). The molecule has 10 nitrogen and oxygen atoms in total. The van der Waals surface area contributed by atoms with E-state index in [1.54, 1.807) is 51.6 Å². The third-order valence-corrected chi connectivity index (χ3v) is 7.87. The van der Waals surface area contributed by atoms with Crippen molar-refractivity contribution >= 4 is 45.4 Å². The molecule has 45 heavy (non-hydrogen) atoms. The van der Waals surface area contributed by atoms with E-state index in [4.69, 9.17) is 30.5 Å². The largest absolute Gasteiger partial charge is 0.492 e. The van der Waals surface area contributed by atoms with Crippen LogP contribution in [0.15, 0.2) is 52.2 Å². The number of carbonyl (C=O) groups is 3. The Morgan fingerprint density at radius 3 is 2.64 bits per heavy atom. The normalized spacial score (nSPS) is 15.0. The Bertz CT molecular complexity index is 1620. The predicted molar refractivity (Wildman–Crippen MR) is 173 cm³/mol. The van der Waals surface area contributed by atoms with Crippen molar-refractivity contribution in [2.24, 2.45) is 18.0 Å². The second-order valence-electron chi connectivity index (χ2n) is 11.8. The smallest absolute Gasteiger partial charge is 0.437 e. The van der Waals surface area contributed by atoms with Crippen LogP contribution in [-0.2, 0) is 34.3 Å². The molecular formula is C33H39BrClN3O7. The topological polar surface area (TPSA) is 110 Å². The maximum atomic E-state index is 13.7. The Kier molecular flexibility index (Phi) is 11.5. The van der Waals surface area contributed by atoms with Gasteiger partial charge in [0, 0.05) is 25.9 Å². The fourth-order valence-electron chi connectivity index (χ4n) is 4.90. The molecule has 1 aromatic heterocycles. The van der Waals surface area contributed by atoms with Gasteiger partial charge in [0.1, 0.15) is 17.1 Å². The lowest BCUT2D eigenvalue weighted by Crippen LogP contribution is -2.30. The number of ketones is 1. The zero-order valence-electron chi connectivity index (χ0n) is 26.2. The fourth-order valence-corrected chi connectivity index (χ4v) is 5.70. The minimum Gasteiger partial charge on any atom is -0.492 e. The first-order valence-corrected chi connectivity index (χ1v) is 16.1. The van der Waals surface area contributed by atoms with Crippen molar-refractivity contribution < 1.29 is 33.3 Å². The average Bonchev–Trinajstić information content (AvgIpc) is 3.29. The maximum Gasteiger partial charge on any atom is 0.437 e. The quantitative estimate of drug-likeness (QED) is 0.162. The molecule has 0 fully saturated rings. The summed E-state index contributed by atoms with van der Waals surface area (Å²) in [4.78, 5) is 41.8. The molecule has 0 spiro atoms. The number of carbonyl (C=O) groups excluding carboxylic acids is 3. The number of nitrogens with zero attached hydrogens (tertiary/aromatic N) is 3. The Balaban J connectivity index is 1.45. The lowest BCUT2D eigenvalue weighted by Gasteiger charge is -2.26. The lowest BCUT2D eigenvalue weighted by molar-refractivity contribution is -0.143. The second-order valence-corrected chi connectivity index (χ2v) is 13.1. The summed E-state index contributed by atoms with van der Waals surface area (Å²) >= 11 is 9.96. The molecule has 0 saturated heterocycles. The van der Waals surface area contributed by atoms with Gasteiger partial charge in [0.25, 0.3) is 0 Å². The van der Waals surface area contributed by atoms with Crippen LogP contribution in [0.3, 0.4) is 0 Å². The molecule has 12 heteroatoms. The highest BCUT2D eigenvalue weighted by molar-refractivity contribution is 9.10. The highest BCUT2D eigenvalue weighted by Crippen LogP contribution is 2.37. The van der Waals surface area contributed by atoms with Gasteiger partial charge in [-0.05, 0) is 98.3 Å². The van der Waals surface area contributed by atoms with Crippen LogP contribution in [0.2, 0.25) is 5.02 Å². The summed E-state index contributed by atoms with van der Waals surface area (Å²) in [6.07, 6.45) is 5.07. The number of hydrogen-bond donors (Lipinski definition) is 0. The molecule has 1 aliphatic heterocycles. The summed E-state index contributed by atoms with van der Waals surface area (Å²) in [6, 6.07) is 9.23. The van der Waals surface area contributed by atoms with Gasteiger partial charge in [0.05, 0.1) is 47.3 Å². The summed E-state index contributed by atoms with van der Waals surface area (Å²) in [5, 5.41) is 0.477. The van der Waals surface area contributed by atoms with Gasteiger partial charge in [0.2, 0.25) is 5.62 Å². The van der Waals surface area contributed by atoms with Gasteiger partial charge < -0.3 is 28.1 Å². The molecule has 2 heterocycles. The Labute approximate surface area is 276 Å². The van der Waals surface area contributed by atoms with E-state index in [0.717, 1.165) is 11.1 Å². The zero-order chi connectivity index (χ0) is 32.7. The van der Waals surface area contributed by atoms with Crippen molar-refractivity contribution in [3.05, 3.63) is 74.5 Å². The first-order chi connectivity index (χ1) is 21.3. The fraction of sp³-hybridized carbons (Fsp3) is 0.455. The molecule has 1 amide bonds. The van der Waals surface area contributed by atoms with Crippen LogP contribution in [0.25, 0.3) is 0 Å². The Morgan fingerprint density at radius 2 is 1.91 bits per heavy atom. The zero-order valence-corrected chi connectivity index (χ0v) is 28.6. The number of amides is 1. The van der Waals surface area contributed by atoms with Gasteiger partial charge in [-0.15, -0.1) is 4.99 Å². The number of hydrogen-bond acceptors (Lipinski definition) is 7. The van der Waals surface area contributed by atoms with Crippen molar-refractivity contribution in [3.63, 3.8) is 0 Å². The molecule has 0 aliphatic carbocycles. The second kappa shape index (κ2) is 15.1. The SMILES string of the molecule is CCOC(=O)CCCCOc1cc(CC2COc3c(Br)cc(Cn4ccn(C)/c4=N/C(=O)OC(C)(C)C)cc3C2=O)ccc1Cl. The number of aryl methyl sites for hydroxylation is 1. The summed E-state index contributed by atoms with van der Waals surface area (Å²) in [5.41, 5.74) is 1.97. The number of fused-ring (bicyclic) bond motifs is 1. The van der Waals surface area contributed by atoms with E-state index in [0.29, 0.717) is 77.6 Å². The molecule has 1 atom stereocenters. The minimum absolute atomic E-state index is 0.0214. The highest BCUT2D eigenvalue weighted by Gasteiger charge is 2.31. The standard InChI is InChI=1S/C33H39BrClN3O7/c1-6-42-28(39)9-7-8-14-43-27-18-21(10-11-26(27)35)15-23-20-44-30-24(29(23)40)16-22(17-25(30)34)19-38-13-12-37(5)31(38)36-32(41)45-33(2,3)4/h10-13,16-18,23H,6-9,14-15,19-20H2,1-5H3/b36-31-. The first-order valence-electron chi connectivity index (χ1n) is 14.9. The van der Waals surface area contributed by atoms with Crippen LogP contribution in [0.4, 0.5) is 4.79 Å². The van der Waals surface area contributed by atoms with Crippen LogP contribution < -0.4 is 15.1 Å². The van der Waals surface area contributed by atoms with E-state index in [2.05, 4.69) is 20.9 Å². The summed E-state index contributed by atoms with van der Waals surface area (Å²) in [5.74, 6) is 0.411. The molecule has 2 aromatic carbocycles. The third-order valence-electron chi connectivity index (χ3n) is 6.96. The minimum atomic E-state index is -0.680. The lowest BCUT2D eigenvalue weighted by atomic mass is 9.89. The molecule has 0 N–H and O–H groups in total. The monoisotopic (exact) mass is 703 g/mol. The number of benzene rings is 2. The number of imidazole rings is 1. The molecule has 0 bridgehead atoms. The summed E-state index contributed by atoms with van der Waals surface area (Å²) in [7, 11) is 1.80. The van der Waals surface area contributed by atoms with Gasteiger partial charge in [-0.1, -0.05) is 17.7 Å². The van der Waals surface area contributed by atoms with Gasteiger partial charge in [-0.2, -0.15) is 0 Å². The maximum absolute atomic E-state index is 13.7. The van der Waals surface area contributed by atoms with Crippen LogP contribution in [-0.4, -0.2) is 52.4 Å². The van der Waals surface area contributed by atoms with Crippen LogP contribution in [0.1, 0.15) is 68.4 Å². The van der Waals surface area contributed by atoms with E-state index < -0.39 is 17.6 Å². The number of rotatable bonds is 11. The molecule has 1 aliphatic rings. The average molecular weight is 705 g/mol. The molecule has 1 unspecified atom stereocenters. The predicted octanol–water partition coefficient (Wildman–Crippen LogP) is 6.67. The van der Waals surface area contributed by atoms with Gasteiger partial charge >= 0.3 is 12.1 Å². The van der Waals surface area contributed by atoms with Crippen molar-refractivity contribution in [1.29, 1.82) is 0 Å². The number of unbranched alkanes of at least 4 members (excludes halogenated alkanes) is 1. The van der Waals surface area contributed by atoms with Crippen LogP contribution >= 0.6 is 27.5 Å². The summed E-state index contributed by atoms with van der Waals surface area (Å²) < 4.78 is 26.5. The van der Waals surface area contributed by atoms with Crippen LogP contribution in [0.5, 0.6) is 11.5 Å². The number of esters is 1. The van der Waals surface area contributed by atoms with E-state index >= 15 is 0 Å². The highest BCUT2D eigenvalue weighted by atomic mass is 79.9. The third kappa shape index (κ3) is 9.46. The summed E-state index contributed by atoms with van der Waals surface area (Å²) in [6.45, 7) is 8.53. The number of Topliss-reactive ketones (excluding diaryl/α,β-unsaturated/α-hetero) is 1. The van der Waals surface area contributed by atoms with E-state index in [1.807, 2.05) is 35.0 Å². The number of aromatic nitrogens is 2. The van der Waals surface area contributed by atoms with Gasteiger partial charge in [0.15, 0.2) is 5.78 Å². The number of halogens is 2. The van der Waals surface area contributed by atoms with Crippen molar-refractivity contribution in [2.75, 3.05) is 19.8 Å². The Morgan fingerprint density at radius 1 is 1.13 bits per heavy atom. The molecule has 242 valence electrons. The molecule has 3 aromatic rings. The van der Waals surface area contributed by atoms with Crippen molar-refractivity contribution in [1.82, 2.24) is 9.13 Å². The van der Waals surface area contributed by atoms with Crippen LogP contribution in [0, 0.1) is 5.92 Å². The molecular weight excluding hydrogens is 666 g/mol. The van der Waals surface area contributed by atoms with E-state index in [9.17, 15) is 14.4 Å². The van der Waals surface area contributed by atoms with Crippen molar-refractivity contribution in [3.8, 4) is 11.5 Å². The first kappa shape index (κ1) is 34.3. The van der Waals surface area contributed by atoms with Crippen molar-refractivity contribution in [2.45, 2.75) is 65.5 Å².